The average molecular weight is 316 g/mol. The molecule has 4 nitrogen and oxygen atoms in total. The lowest BCUT2D eigenvalue weighted by Gasteiger charge is -2.39. The van der Waals surface area contributed by atoms with E-state index in [4.69, 9.17) is 11.5 Å². The van der Waals surface area contributed by atoms with Crippen molar-refractivity contribution < 1.29 is 0 Å². The molecule has 1 saturated heterocycles. The molecule has 2 rings (SSSR count). The van der Waals surface area contributed by atoms with Crippen molar-refractivity contribution in [3.05, 3.63) is 24.5 Å². The van der Waals surface area contributed by atoms with Gasteiger partial charge in [0.1, 0.15) is 0 Å². The molecule has 0 saturated carbocycles. The second-order valence-corrected chi connectivity index (χ2v) is 4.26. The monoisotopic (exact) mass is 314 g/mol. The number of pyridine rings is 1. The fourth-order valence-electron chi connectivity index (χ4n) is 1.97. The third-order valence-corrected chi connectivity index (χ3v) is 3.19. The molecule has 1 aromatic rings. The van der Waals surface area contributed by atoms with Crippen LogP contribution in [0.5, 0.6) is 0 Å². The Morgan fingerprint density at radius 2 is 1.61 bits per heavy atom. The summed E-state index contributed by atoms with van der Waals surface area (Å²) in [5.74, 6) is 0. The summed E-state index contributed by atoms with van der Waals surface area (Å²) >= 11 is 0. The first-order chi connectivity index (χ1) is 7.23. The maximum absolute atomic E-state index is 6.13. The summed E-state index contributed by atoms with van der Waals surface area (Å²) in [7, 11) is 0. The van der Waals surface area contributed by atoms with Gasteiger partial charge >= 0.3 is 0 Å². The molecule has 4 N–H and O–H groups in total. The number of piperidine rings is 1. The lowest BCUT2D eigenvalue weighted by Crippen LogP contribution is -2.54. The number of nitrogens with zero attached hydrogens (tertiary/aromatic N) is 2. The van der Waals surface area contributed by atoms with Crippen LogP contribution in [-0.4, -0.2) is 30.2 Å². The predicted octanol–water partition coefficient (Wildman–Crippen LogP) is 1.60. The minimum absolute atomic E-state index is 0. The van der Waals surface area contributed by atoms with Crippen LogP contribution < -0.4 is 16.4 Å². The summed E-state index contributed by atoms with van der Waals surface area (Å²) in [5.41, 5.74) is 12.9. The smallest absolute Gasteiger partial charge is 0.0397 e. The van der Waals surface area contributed by atoms with Gasteiger partial charge in [0.25, 0.3) is 0 Å². The number of hydrogen-bond acceptors (Lipinski definition) is 4. The number of halogens is 3. The number of nitrogens with two attached hydrogens (primary N) is 2. The molecule has 2 heterocycles. The standard InChI is InChI=1S/C11H18N4.3ClH/c12-9-11(13)3-7-15(8-4-11)10-1-5-14-6-2-10;;;/h1-2,5-6H,3-4,7-9,12-13H2;3*1H. The molecule has 0 atom stereocenters. The molecule has 0 unspecified atom stereocenters. The van der Waals surface area contributed by atoms with Crippen LogP contribution in [0.25, 0.3) is 0 Å². The van der Waals surface area contributed by atoms with Gasteiger partial charge in [0.2, 0.25) is 0 Å². The first kappa shape index (κ1) is 20.1. The number of aromatic nitrogens is 1. The minimum atomic E-state index is -0.149. The summed E-state index contributed by atoms with van der Waals surface area (Å²) < 4.78 is 0. The van der Waals surface area contributed by atoms with Gasteiger partial charge in [-0.1, -0.05) is 0 Å². The largest absolute Gasteiger partial charge is 0.371 e. The zero-order valence-electron chi connectivity index (χ0n) is 10.1. The maximum atomic E-state index is 6.13. The molecule has 1 aliphatic rings. The molecule has 0 amide bonds. The van der Waals surface area contributed by atoms with E-state index in [2.05, 4.69) is 9.88 Å². The molecule has 106 valence electrons. The SMILES string of the molecule is Cl.Cl.Cl.NCC1(N)CCN(c2ccncc2)CC1. The van der Waals surface area contributed by atoms with Crippen LogP contribution in [0.4, 0.5) is 5.69 Å². The van der Waals surface area contributed by atoms with Crippen molar-refractivity contribution in [2.75, 3.05) is 24.5 Å². The van der Waals surface area contributed by atoms with E-state index >= 15 is 0 Å². The molecule has 18 heavy (non-hydrogen) atoms. The van der Waals surface area contributed by atoms with Gasteiger partial charge in [-0.05, 0) is 25.0 Å². The van der Waals surface area contributed by atoms with Gasteiger partial charge in [-0.15, -0.1) is 37.2 Å². The summed E-state index contributed by atoms with van der Waals surface area (Å²) in [6.45, 7) is 2.55. The third-order valence-electron chi connectivity index (χ3n) is 3.19. The molecule has 1 aromatic heterocycles. The third kappa shape index (κ3) is 4.78. The number of anilines is 1. The zero-order valence-corrected chi connectivity index (χ0v) is 12.6. The van der Waals surface area contributed by atoms with Crippen molar-refractivity contribution in [2.24, 2.45) is 11.5 Å². The Morgan fingerprint density at radius 1 is 1.11 bits per heavy atom. The van der Waals surface area contributed by atoms with E-state index in [1.807, 2.05) is 24.5 Å². The quantitative estimate of drug-likeness (QED) is 0.870. The van der Waals surface area contributed by atoms with E-state index in [9.17, 15) is 0 Å². The Bertz CT molecular complexity index is 315. The van der Waals surface area contributed by atoms with Gasteiger partial charge in [-0.2, -0.15) is 0 Å². The van der Waals surface area contributed by atoms with E-state index in [0.29, 0.717) is 6.54 Å². The Hall–Kier alpha value is -0.260. The molecule has 0 bridgehead atoms. The fourth-order valence-corrected chi connectivity index (χ4v) is 1.97. The molecule has 0 aliphatic carbocycles. The van der Waals surface area contributed by atoms with Crippen molar-refractivity contribution in [2.45, 2.75) is 18.4 Å². The molecular formula is C11H21Cl3N4. The first-order valence-corrected chi connectivity index (χ1v) is 5.37. The maximum Gasteiger partial charge on any atom is 0.0397 e. The lowest BCUT2D eigenvalue weighted by atomic mass is 9.89. The van der Waals surface area contributed by atoms with Gasteiger partial charge in [0, 0.05) is 43.3 Å². The van der Waals surface area contributed by atoms with Crippen LogP contribution in [0, 0.1) is 0 Å². The summed E-state index contributed by atoms with van der Waals surface area (Å²) in [6.07, 6.45) is 5.57. The van der Waals surface area contributed by atoms with Crippen LogP contribution in [0.3, 0.4) is 0 Å². The first-order valence-electron chi connectivity index (χ1n) is 5.37. The summed E-state index contributed by atoms with van der Waals surface area (Å²) in [6, 6.07) is 4.07. The van der Waals surface area contributed by atoms with Gasteiger partial charge < -0.3 is 16.4 Å². The second kappa shape index (κ2) is 8.77. The normalized spacial score (nSPS) is 16.9. The van der Waals surface area contributed by atoms with Crippen molar-refractivity contribution in [3.8, 4) is 0 Å². The van der Waals surface area contributed by atoms with E-state index in [1.54, 1.807) is 0 Å². The fraction of sp³-hybridized carbons (Fsp3) is 0.545. The van der Waals surface area contributed by atoms with Gasteiger partial charge in [-0.3, -0.25) is 4.98 Å². The highest BCUT2D eigenvalue weighted by Gasteiger charge is 2.29. The Labute approximate surface area is 127 Å². The molecule has 7 heteroatoms. The second-order valence-electron chi connectivity index (χ2n) is 4.26. The highest BCUT2D eigenvalue weighted by Crippen LogP contribution is 2.23. The number of rotatable bonds is 2. The summed E-state index contributed by atoms with van der Waals surface area (Å²) in [4.78, 5) is 6.35. The topological polar surface area (TPSA) is 68.2 Å². The average Bonchev–Trinajstić information content (AvgIpc) is 2.31. The number of hydrogen-bond donors (Lipinski definition) is 2. The highest BCUT2D eigenvalue weighted by molar-refractivity contribution is 5.86. The lowest BCUT2D eigenvalue weighted by molar-refractivity contribution is 0.342. The van der Waals surface area contributed by atoms with Crippen LogP contribution in [-0.2, 0) is 0 Å². The molecule has 0 aromatic carbocycles. The molecule has 0 radical (unpaired) electrons. The van der Waals surface area contributed by atoms with E-state index < -0.39 is 0 Å². The van der Waals surface area contributed by atoms with Crippen LogP contribution in [0.2, 0.25) is 0 Å². The van der Waals surface area contributed by atoms with Crippen molar-refractivity contribution >= 4 is 42.9 Å². The van der Waals surface area contributed by atoms with E-state index in [-0.39, 0.29) is 42.8 Å². The molecular weight excluding hydrogens is 295 g/mol. The van der Waals surface area contributed by atoms with Crippen molar-refractivity contribution in [1.29, 1.82) is 0 Å². The van der Waals surface area contributed by atoms with Crippen molar-refractivity contribution in [1.82, 2.24) is 4.98 Å². The Morgan fingerprint density at radius 3 is 2.06 bits per heavy atom. The predicted molar refractivity (Wildman–Crippen MR) is 83.4 cm³/mol. The minimum Gasteiger partial charge on any atom is -0.371 e. The van der Waals surface area contributed by atoms with Gasteiger partial charge in [0.15, 0.2) is 0 Å². The van der Waals surface area contributed by atoms with Crippen LogP contribution in [0.1, 0.15) is 12.8 Å². The summed E-state index contributed by atoms with van der Waals surface area (Å²) in [5, 5.41) is 0. The Balaban J connectivity index is 0. The van der Waals surface area contributed by atoms with Crippen molar-refractivity contribution in [3.63, 3.8) is 0 Å². The van der Waals surface area contributed by atoms with Crippen LogP contribution in [0.15, 0.2) is 24.5 Å². The molecule has 0 spiro atoms. The van der Waals surface area contributed by atoms with Gasteiger partial charge in [-0.25, -0.2) is 0 Å². The van der Waals surface area contributed by atoms with E-state index in [1.165, 1.54) is 5.69 Å². The Kier molecular flexibility index (Phi) is 9.78. The highest BCUT2D eigenvalue weighted by atomic mass is 35.5. The zero-order chi connectivity index (χ0) is 10.7. The van der Waals surface area contributed by atoms with E-state index in [0.717, 1.165) is 25.9 Å². The molecule has 1 fully saturated rings. The van der Waals surface area contributed by atoms with Gasteiger partial charge in [0.05, 0.1) is 0 Å². The van der Waals surface area contributed by atoms with Crippen LogP contribution >= 0.6 is 37.2 Å². The molecule has 1 aliphatic heterocycles.